The topological polar surface area (TPSA) is 17.8 Å². The average Bonchev–Trinajstić information content (AvgIpc) is 3.79. The summed E-state index contributed by atoms with van der Waals surface area (Å²) in [6, 6.07) is 61.4. The zero-order valence-corrected chi connectivity index (χ0v) is 32.6. The molecule has 0 aliphatic heterocycles. The monoisotopic (exact) mass is 728 g/mol. The van der Waals surface area contributed by atoms with E-state index < -0.39 is 0 Å². The summed E-state index contributed by atoms with van der Waals surface area (Å²) in [5.41, 5.74) is 20.3. The summed E-state index contributed by atoms with van der Waals surface area (Å²) in [4.78, 5) is 4.94. The molecular formula is C55H40N2. The molecule has 8 aromatic carbocycles. The zero-order valence-electron chi connectivity index (χ0n) is 32.6. The SMILES string of the molecule is CC1(C)c2ccccc2-c2ccc(-c3ccc4c(c3)c3cc(-c5ccc6c(c5)C(C)(C)c5ccccc5-6)ccc3n4-c3cccc4ccc5cccnc5c34)cc21. The second-order valence-electron chi connectivity index (χ2n) is 17.2. The quantitative estimate of drug-likeness (QED) is 0.166. The molecule has 0 amide bonds. The Hall–Kier alpha value is -6.77. The van der Waals surface area contributed by atoms with Crippen molar-refractivity contribution in [3.63, 3.8) is 0 Å². The first-order valence-corrected chi connectivity index (χ1v) is 20.1. The van der Waals surface area contributed by atoms with Crippen LogP contribution in [0.15, 0.2) is 170 Å². The Labute approximate surface area is 332 Å². The second kappa shape index (κ2) is 11.4. The summed E-state index contributed by atoms with van der Waals surface area (Å²) in [5.74, 6) is 0. The van der Waals surface area contributed by atoms with Gasteiger partial charge in [-0.25, -0.2) is 0 Å². The van der Waals surface area contributed by atoms with Gasteiger partial charge in [-0.1, -0.05) is 143 Å². The van der Waals surface area contributed by atoms with Crippen LogP contribution in [0.4, 0.5) is 0 Å². The molecule has 0 atom stereocenters. The molecule has 0 bridgehead atoms. The molecule has 0 fully saturated rings. The van der Waals surface area contributed by atoms with E-state index in [1.807, 2.05) is 12.3 Å². The summed E-state index contributed by atoms with van der Waals surface area (Å²) in [6.45, 7) is 9.45. The molecule has 57 heavy (non-hydrogen) atoms. The van der Waals surface area contributed by atoms with Gasteiger partial charge >= 0.3 is 0 Å². The van der Waals surface area contributed by atoms with Gasteiger partial charge in [-0.3, -0.25) is 4.98 Å². The lowest BCUT2D eigenvalue weighted by Crippen LogP contribution is -2.14. The molecule has 2 heteroatoms. The molecule has 2 heterocycles. The van der Waals surface area contributed by atoms with Crippen LogP contribution in [0.25, 0.3) is 93.7 Å². The van der Waals surface area contributed by atoms with Gasteiger partial charge < -0.3 is 4.57 Å². The van der Waals surface area contributed by atoms with Crippen molar-refractivity contribution in [2.24, 2.45) is 0 Å². The maximum atomic E-state index is 4.94. The molecule has 270 valence electrons. The van der Waals surface area contributed by atoms with Crippen LogP contribution < -0.4 is 0 Å². The lowest BCUT2D eigenvalue weighted by atomic mass is 9.81. The third-order valence-corrected chi connectivity index (χ3v) is 13.4. The largest absolute Gasteiger partial charge is 0.309 e. The predicted octanol–water partition coefficient (Wildman–Crippen LogP) is 14.4. The summed E-state index contributed by atoms with van der Waals surface area (Å²) in [7, 11) is 0. The van der Waals surface area contributed by atoms with Crippen molar-refractivity contribution in [2.45, 2.75) is 38.5 Å². The standard InChI is InChI=1S/C55H40N2/c1-54(2)45-15-7-5-13-39(45)41-24-20-37(31-47(41)54)35-22-26-49-43(29-35)44-30-36(38-21-25-42-40-14-6-8-16-46(40)55(3,4)48(42)32-38)23-27-50(44)57(49)51-17-9-11-33-18-19-34-12-10-28-56-53(34)52(33)51/h5-32H,1-4H3. The van der Waals surface area contributed by atoms with Gasteiger partial charge in [0.2, 0.25) is 0 Å². The molecule has 2 aromatic heterocycles. The number of nitrogens with zero attached hydrogens (tertiary/aromatic N) is 2. The van der Waals surface area contributed by atoms with Crippen LogP contribution in [0.1, 0.15) is 49.9 Å². The van der Waals surface area contributed by atoms with Gasteiger partial charge in [0.15, 0.2) is 0 Å². The van der Waals surface area contributed by atoms with E-state index in [1.54, 1.807) is 0 Å². The van der Waals surface area contributed by atoms with Crippen molar-refractivity contribution in [3.05, 3.63) is 192 Å². The lowest BCUT2D eigenvalue weighted by Gasteiger charge is -2.22. The maximum Gasteiger partial charge on any atom is 0.0801 e. The van der Waals surface area contributed by atoms with Crippen molar-refractivity contribution < 1.29 is 0 Å². The summed E-state index contributed by atoms with van der Waals surface area (Å²) < 4.78 is 2.47. The molecule has 0 saturated carbocycles. The Morgan fingerprint density at radius 1 is 0.404 bits per heavy atom. The summed E-state index contributed by atoms with van der Waals surface area (Å²) >= 11 is 0. The molecule has 12 rings (SSSR count). The minimum atomic E-state index is -0.0616. The van der Waals surface area contributed by atoms with Crippen LogP contribution in [0, 0.1) is 0 Å². The summed E-state index contributed by atoms with van der Waals surface area (Å²) in [6.07, 6.45) is 1.91. The summed E-state index contributed by atoms with van der Waals surface area (Å²) in [5, 5.41) is 5.98. The highest BCUT2D eigenvalue weighted by atomic mass is 15.0. The minimum absolute atomic E-state index is 0.0616. The van der Waals surface area contributed by atoms with Crippen molar-refractivity contribution in [1.82, 2.24) is 9.55 Å². The number of pyridine rings is 1. The molecule has 2 aliphatic rings. The minimum Gasteiger partial charge on any atom is -0.309 e. The number of fused-ring (bicyclic) bond motifs is 12. The number of rotatable bonds is 3. The molecule has 0 radical (unpaired) electrons. The fraction of sp³-hybridized carbons (Fsp3) is 0.109. The lowest BCUT2D eigenvalue weighted by molar-refractivity contribution is 0.660. The molecule has 0 spiro atoms. The molecule has 2 nitrogen and oxygen atoms in total. The van der Waals surface area contributed by atoms with E-state index in [1.165, 1.54) is 99.3 Å². The van der Waals surface area contributed by atoms with Crippen LogP contribution >= 0.6 is 0 Å². The number of aromatic nitrogens is 2. The van der Waals surface area contributed by atoms with E-state index in [2.05, 4.69) is 190 Å². The molecule has 2 aliphatic carbocycles. The van der Waals surface area contributed by atoms with Gasteiger partial charge in [-0.05, 0) is 121 Å². The molecule has 0 saturated heterocycles. The van der Waals surface area contributed by atoms with E-state index in [9.17, 15) is 0 Å². The molecule has 10 aromatic rings. The van der Waals surface area contributed by atoms with Crippen LogP contribution in [0.5, 0.6) is 0 Å². The highest BCUT2D eigenvalue weighted by Crippen LogP contribution is 2.51. The number of benzene rings is 8. The smallest absolute Gasteiger partial charge is 0.0801 e. The van der Waals surface area contributed by atoms with E-state index in [0.717, 1.165) is 16.6 Å². The third kappa shape index (κ3) is 4.44. The average molecular weight is 729 g/mol. The van der Waals surface area contributed by atoms with Crippen LogP contribution in [-0.2, 0) is 10.8 Å². The normalized spacial score (nSPS) is 14.6. The molecule has 0 unspecified atom stereocenters. The van der Waals surface area contributed by atoms with Crippen molar-refractivity contribution in [1.29, 1.82) is 0 Å². The first-order valence-electron chi connectivity index (χ1n) is 20.1. The van der Waals surface area contributed by atoms with Gasteiger partial charge in [0.05, 0.1) is 22.2 Å². The van der Waals surface area contributed by atoms with Crippen molar-refractivity contribution in [3.8, 4) is 50.2 Å². The van der Waals surface area contributed by atoms with Gasteiger partial charge in [-0.15, -0.1) is 0 Å². The van der Waals surface area contributed by atoms with Gasteiger partial charge in [-0.2, -0.15) is 0 Å². The Bertz CT molecular complexity index is 3190. The first-order chi connectivity index (χ1) is 27.8. The fourth-order valence-electron chi connectivity index (χ4n) is 10.5. The number of hydrogen-bond donors (Lipinski definition) is 0. The van der Waals surface area contributed by atoms with Gasteiger partial charge in [0, 0.05) is 38.6 Å². The van der Waals surface area contributed by atoms with E-state index in [0.29, 0.717) is 0 Å². The number of hydrogen-bond acceptors (Lipinski definition) is 1. The third-order valence-electron chi connectivity index (χ3n) is 13.4. The maximum absolute atomic E-state index is 4.94. The van der Waals surface area contributed by atoms with Crippen LogP contribution in [0.3, 0.4) is 0 Å². The Morgan fingerprint density at radius 3 is 1.49 bits per heavy atom. The van der Waals surface area contributed by atoms with Crippen LogP contribution in [0.2, 0.25) is 0 Å². The Morgan fingerprint density at radius 2 is 0.895 bits per heavy atom. The highest BCUT2D eigenvalue weighted by Gasteiger charge is 2.36. The van der Waals surface area contributed by atoms with E-state index >= 15 is 0 Å². The highest BCUT2D eigenvalue weighted by molar-refractivity contribution is 6.15. The van der Waals surface area contributed by atoms with Gasteiger partial charge in [0.1, 0.15) is 0 Å². The Balaban J connectivity index is 1.10. The first kappa shape index (κ1) is 32.5. The fourth-order valence-corrected chi connectivity index (χ4v) is 10.5. The van der Waals surface area contributed by atoms with Gasteiger partial charge in [0.25, 0.3) is 0 Å². The molecular weight excluding hydrogens is 689 g/mol. The molecule has 0 N–H and O–H groups in total. The Kier molecular flexibility index (Phi) is 6.49. The van der Waals surface area contributed by atoms with Crippen molar-refractivity contribution in [2.75, 3.05) is 0 Å². The predicted molar refractivity (Wildman–Crippen MR) is 240 cm³/mol. The van der Waals surface area contributed by atoms with E-state index in [4.69, 9.17) is 4.98 Å². The van der Waals surface area contributed by atoms with Crippen molar-refractivity contribution >= 4 is 43.5 Å². The second-order valence-corrected chi connectivity index (χ2v) is 17.2. The zero-order chi connectivity index (χ0) is 38.2. The van der Waals surface area contributed by atoms with Crippen LogP contribution in [-0.4, -0.2) is 9.55 Å². The van der Waals surface area contributed by atoms with E-state index in [-0.39, 0.29) is 10.8 Å².